The van der Waals surface area contributed by atoms with E-state index in [9.17, 15) is 28.6 Å². The molecule has 228 valence electrons. The van der Waals surface area contributed by atoms with E-state index in [1.54, 1.807) is 0 Å². The van der Waals surface area contributed by atoms with Crippen LogP contribution >= 0.6 is 23.5 Å². The largest absolute Gasteiger partial charge is 0.490 e. The summed E-state index contributed by atoms with van der Waals surface area (Å²) < 4.78 is 53.4. The van der Waals surface area contributed by atoms with Gasteiger partial charge in [-0.25, -0.2) is 28.6 Å². The van der Waals surface area contributed by atoms with E-state index in [1.165, 1.54) is 17.2 Å². The standard InChI is InChI=1S/C21H27N6O12P3/c1-13(15-6-4-14(5-7-15)3-2-8-22)26-20-19-21(24-11-23-20)27(12-25-19)18-9-16(28)17(37-18)10-36-41(32,33)39-42(34,35)38-40(29,30)31/h4-7,11-13,16-18,28H,8-10,22H2,1H3,(H,32,33)(H,34,35)(H,23,24,26)(H2,29,30,31)/t13?,16?,17-,18-/m1/s1. The topological polar surface area (TPSA) is 271 Å². The molecule has 18 nitrogen and oxygen atoms in total. The molecular formula is C21H27N6O12P3. The van der Waals surface area contributed by atoms with Crippen molar-refractivity contribution < 1.29 is 56.3 Å². The van der Waals surface area contributed by atoms with Crippen LogP contribution in [0.1, 0.15) is 36.7 Å². The molecule has 0 saturated carbocycles. The van der Waals surface area contributed by atoms with Gasteiger partial charge in [0.05, 0.1) is 31.6 Å². The molecule has 3 aromatic rings. The van der Waals surface area contributed by atoms with Gasteiger partial charge in [0.2, 0.25) is 0 Å². The predicted molar refractivity (Wildman–Crippen MR) is 144 cm³/mol. The van der Waals surface area contributed by atoms with E-state index in [1.807, 2.05) is 31.2 Å². The van der Waals surface area contributed by atoms with E-state index in [0.717, 1.165) is 11.1 Å². The minimum Gasteiger partial charge on any atom is -0.390 e. The third-order valence-electron chi connectivity index (χ3n) is 5.79. The Labute approximate surface area is 238 Å². The molecule has 0 spiro atoms. The van der Waals surface area contributed by atoms with Crippen LogP contribution in [-0.4, -0.2) is 69.6 Å². The quantitative estimate of drug-likeness (QED) is 0.114. The molecule has 2 aromatic heterocycles. The first-order valence-electron chi connectivity index (χ1n) is 12.0. The van der Waals surface area contributed by atoms with Gasteiger partial charge >= 0.3 is 23.5 Å². The zero-order valence-corrected chi connectivity index (χ0v) is 24.4. The first-order valence-corrected chi connectivity index (χ1v) is 16.5. The molecule has 0 bridgehead atoms. The van der Waals surface area contributed by atoms with Gasteiger partial charge in [0, 0.05) is 12.0 Å². The number of aromatic nitrogens is 4. The molecule has 0 radical (unpaired) electrons. The number of phosphoric ester groups is 1. The Morgan fingerprint density at radius 3 is 2.50 bits per heavy atom. The second kappa shape index (κ2) is 13.0. The first kappa shape index (κ1) is 32.3. The molecule has 1 saturated heterocycles. The van der Waals surface area contributed by atoms with E-state index >= 15 is 0 Å². The number of aliphatic hydroxyl groups is 1. The monoisotopic (exact) mass is 648 g/mol. The van der Waals surface area contributed by atoms with Gasteiger partial charge in [-0.1, -0.05) is 24.0 Å². The van der Waals surface area contributed by atoms with Gasteiger partial charge in [-0.3, -0.25) is 9.09 Å². The average molecular weight is 648 g/mol. The second-order valence-corrected chi connectivity index (χ2v) is 13.3. The molecule has 8 N–H and O–H groups in total. The van der Waals surface area contributed by atoms with Gasteiger partial charge in [-0.05, 0) is 24.6 Å². The van der Waals surface area contributed by atoms with Crippen LogP contribution in [0.5, 0.6) is 0 Å². The number of phosphoric acid groups is 3. The Bertz CT molecular complexity index is 1620. The number of benzene rings is 1. The Balaban J connectivity index is 1.41. The number of ether oxygens (including phenoxy) is 1. The lowest BCUT2D eigenvalue weighted by molar-refractivity contribution is -0.0423. The van der Waals surface area contributed by atoms with Gasteiger partial charge in [0.15, 0.2) is 17.0 Å². The minimum absolute atomic E-state index is 0.0154. The summed E-state index contributed by atoms with van der Waals surface area (Å²) in [6, 6.07) is 7.43. The lowest BCUT2D eigenvalue weighted by Crippen LogP contribution is -2.26. The Morgan fingerprint density at radius 2 is 1.83 bits per heavy atom. The highest BCUT2D eigenvalue weighted by Gasteiger charge is 2.43. The fourth-order valence-corrected chi connectivity index (χ4v) is 7.00. The highest BCUT2D eigenvalue weighted by Crippen LogP contribution is 2.66. The highest BCUT2D eigenvalue weighted by atomic mass is 31.3. The predicted octanol–water partition coefficient (Wildman–Crippen LogP) is 1.30. The number of nitrogens with two attached hydrogens (primary N) is 1. The van der Waals surface area contributed by atoms with Crippen molar-refractivity contribution in [1.82, 2.24) is 19.5 Å². The number of fused-ring (bicyclic) bond motifs is 1. The molecular weight excluding hydrogens is 621 g/mol. The van der Waals surface area contributed by atoms with Crippen LogP contribution in [0.3, 0.4) is 0 Å². The van der Waals surface area contributed by atoms with E-state index in [4.69, 9.17) is 20.3 Å². The smallest absolute Gasteiger partial charge is 0.390 e. The first-order chi connectivity index (χ1) is 19.7. The lowest BCUT2D eigenvalue weighted by atomic mass is 10.1. The van der Waals surface area contributed by atoms with Gasteiger partial charge in [0.25, 0.3) is 0 Å². The van der Waals surface area contributed by atoms with Crippen molar-refractivity contribution in [3.8, 4) is 11.8 Å². The summed E-state index contributed by atoms with van der Waals surface area (Å²) in [6.07, 6.45) is -0.562. The van der Waals surface area contributed by atoms with Crippen molar-refractivity contribution in [2.75, 3.05) is 18.5 Å². The van der Waals surface area contributed by atoms with E-state index in [0.29, 0.717) is 17.0 Å². The van der Waals surface area contributed by atoms with Crippen molar-refractivity contribution in [2.45, 2.75) is 37.8 Å². The summed E-state index contributed by atoms with van der Waals surface area (Å²) in [5, 5.41) is 13.7. The Kier molecular flexibility index (Phi) is 9.98. The molecule has 4 rings (SSSR count). The summed E-state index contributed by atoms with van der Waals surface area (Å²) in [7, 11) is -16.6. The summed E-state index contributed by atoms with van der Waals surface area (Å²) in [5.74, 6) is 6.19. The number of imidazole rings is 1. The van der Waals surface area contributed by atoms with Gasteiger partial charge in [0.1, 0.15) is 18.7 Å². The van der Waals surface area contributed by atoms with Gasteiger partial charge < -0.3 is 40.5 Å². The molecule has 3 heterocycles. The van der Waals surface area contributed by atoms with Crippen molar-refractivity contribution in [3.05, 3.63) is 48.0 Å². The number of nitrogens with zero attached hydrogens (tertiary/aromatic N) is 4. The van der Waals surface area contributed by atoms with Crippen molar-refractivity contribution in [1.29, 1.82) is 0 Å². The van der Waals surface area contributed by atoms with Crippen LogP contribution in [0, 0.1) is 11.8 Å². The zero-order valence-electron chi connectivity index (χ0n) is 21.7. The highest BCUT2D eigenvalue weighted by molar-refractivity contribution is 7.66. The third-order valence-corrected chi connectivity index (χ3v) is 9.59. The maximum absolute atomic E-state index is 12.0. The minimum atomic E-state index is -5.68. The molecule has 0 aliphatic carbocycles. The third kappa shape index (κ3) is 8.50. The number of nitrogens with one attached hydrogen (secondary N) is 1. The molecule has 1 aliphatic rings. The van der Waals surface area contributed by atoms with Crippen molar-refractivity contribution in [3.63, 3.8) is 0 Å². The van der Waals surface area contributed by atoms with E-state index in [2.05, 4.69) is 45.3 Å². The van der Waals surface area contributed by atoms with Crippen LogP contribution in [0.4, 0.5) is 5.82 Å². The molecule has 42 heavy (non-hydrogen) atoms. The number of rotatable bonds is 11. The summed E-state index contributed by atoms with van der Waals surface area (Å²) in [4.78, 5) is 49.1. The second-order valence-electron chi connectivity index (χ2n) is 8.86. The van der Waals surface area contributed by atoms with Crippen LogP contribution in [0.15, 0.2) is 36.9 Å². The molecule has 1 fully saturated rings. The number of anilines is 1. The Hall–Kier alpha value is -2.58. The van der Waals surface area contributed by atoms with E-state index < -0.39 is 48.5 Å². The SMILES string of the molecule is CC(Nc1ncnc2c1ncn2[C@H]1CC(O)[C@@H](COP(=O)(O)OP(=O)(O)OP(=O)(O)O)O1)c1ccc(C#CCN)cc1. The van der Waals surface area contributed by atoms with Gasteiger partial charge in [-0.2, -0.15) is 8.62 Å². The van der Waals surface area contributed by atoms with Crippen molar-refractivity contribution in [2.24, 2.45) is 5.73 Å². The summed E-state index contributed by atoms with van der Waals surface area (Å²) in [6.45, 7) is 1.40. The van der Waals surface area contributed by atoms with E-state index in [-0.39, 0.29) is 19.0 Å². The summed E-state index contributed by atoms with van der Waals surface area (Å²) >= 11 is 0. The molecule has 1 aromatic carbocycles. The maximum atomic E-state index is 12.0. The molecule has 21 heteroatoms. The van der Waals surface area contributed by atoms with Crippen LogP contribution < -0.4 is 11.1 Å². The van der Waals surface area contributed by atoms with Crippen LogP contribution in [-0.2, 0) is 31.6 Å². The summed E-state index contributed by atoms with van der Waals surface area (Å²) in [5.41, 5.74) is 7.97. The molecule has 0 amide bonds. The number of hydrogen-bond donors (Lipinski definition) is 7. The fraction of sp³-hybridized carbons (Fsp3) is 0.381. The molecule has 6 atom stereocenters. The normalized spacial score (nSPS) is 22.6. The fourth-order valence-electron chi connectivity index (χ4n) is 3.97. The van der Waals surface area contributed by atoms with Crippen LogP contribution in [0.25, 0.3) is 11.2 Å². The van der Waals surface area contributed by atoms with Gasteiger partial charge in [-0.15, -0.1) is 0 Å². The maximum Gasteiger partial charge on any atom is 0.490 e. The number of hydrogen-bond acceptors (Lipinski definition) is 13. The molecule has 1 aliphatic heterocycles. The van der Waals surface area contributed by atoms with Crippen molar-refractivity contribution >= 4 is 40.4 Å². The molecule has 4 unspecified atom stereocenters. The lowest BCUT2D eigenvalue weighted by Gasteiger charge is -2.19. The number of aliphatic hydroxyl groups excluding tert-OH is 1. The average Bonchev–Trinajstić information content (AvgIpc) is 3.48. The van der Waals surface area contributed by atoms with Crippen LogP contribution in [0.2, 0.25) is 0 Å². The zero-order chi connectivity index (χ0) is 30.7. The Morgan fingerprint density at radius 1 is 1.12 bits per heavy atom.